The Morgan fingerprint density at radius 3 is 2.42 bits per heavy atom. The van der Waals surface area contributed by atoms with E-state index in [0.29, 0.717) is 18.7 Å². The molecule has 2 atom stereocenters. The molecular weight excluding hydrogens is 394 g/mol. The molecule has 1 aliphatic carbocycles. The Balaban J connectivity index is 1.61. The van der Waals surface area contributed by atoms with Crippen LogP contribution in [-0.2, 0) is 14.4 Å². The SMILES string of the molecule is COc1ccc(N2CC(C(=O)N[C@@H](CC(C)C)C(=O)NC3CCCCC3)CC2=O)cc1. The quantitative estimate of drug-likeness (QED) is 0.665. The van der Waals surface area contributed by atoms with Crippen LogP contribution < -0.4 is 20.3 Å². The van der Waals surface area contributed by atoms with Gasteiger partial charge in [-0.3, -0.25) is 14.4 Å². The Kier molecular flexibility index (Phi) is 7.93. The smallest absolute Gasteiger partial charge is 0.242 e. The van der Waals surface area contributed by atoms with Crippen LogP contribution in [-0.4, -0.2) is 43.5 Å². The topological polar surface area (TPSA) is 87.7 Å². The second-order valence-electron chi connectivity index (χ2n) is 9.14. The molecule has 7 heteroatoms. The van der Waals surface area contributed by atoms with E-state index in [0.717, 1.165) is 31.4 Å². The van der Waals surface area contributed by atoms with E-state index in [2.05, 4.69) is 10.6 Å². The summed E-state index contributed by atoms with van der Waals surface area (Å²) in [4.78, 5) is 40.0. The molecule has 3 amide bonds. The Hall–Kier alpha value is -2.57. The lowest BCUT2D eigenvalue weighted by molar-refractivity contribution is -0.132. The summed E-state index contributed by atoms with van der Waals surface area (Å²) in [5.74, 6) is 0.0943. The number of amides is 3. The highest BCUT2D eigenvalue weighted by atomic mass is 16.5. The molecule has 0 spiro atoms. The van der Waals surface area contributed by atoms with Crippen LogP contribution in [0.15, 0.2) is 24.3 Å². The zero-order valence-corrected chi connectivity index (χ0v) is 18.9. The first-order valence-electron chi connectivity index (χ1n) is 11.4. The number of anilines is 1. The van der Waals surface area contributed by atoms with Crippen molar-refractivity contribution >= 4 is 23.4 Å². The van der Waals surface area contributed by atoms with E-state index in [1.54, 1.807) is 24.1 Å². The van der Waals surface area contributed by atoms with Crippen LogP contribution >= 0.6 is 0 Å². The molecule has 1 saturated carbocycles. The van der Waals surface area contributed by atoms with Gasteiger partial charge in [-0.25, -0.2) is 0 Å². The largest absolute Gasteiger partial charge is 0.497 e. The van der Waals surface area contributed by atoms with Gasteiger partial charge in [0.05, 0.1) is 13.0 Å². The highest BCUT2D eigenvalue weighted by Gasteiger charge is 2.37. The van der Waals surface area contributed by atoms with Crippen LogP contribution in [0.3, 0.4) is 0 Å². The standard InChI is InChI=1S/C24H35N3O4/c1-16(2)13-21(24(30)25-18-7-5-4-6-8-18)26-23(29)17-14-22(28)27(15-17)19-9-11-20(31-3)12-10-19/h9-12,16-18,21H,4-8,13-15H2,1-3H3,(H,25,30)(H,26,29)/t17?,21-/m0/s1. The maximum atomic E-state index is 13.0. The van der Waals surface area contributed by atoms with Crippen LogP contribution in [0, 0.1) is 11.8 Å². The maximum Gasteiger partial charge on any atom is 0.242 e. The Morgan fingerprint density at radius 1 is 1.13 bits per heavy atom. The van der Waals surface area contributed by atoms with E-state index in [4.69, 9.17) is 4.74 Å². The van der Waals surface area contributed by atoms with Crippen molar-refractivity contribution in [3.05, 3.63) is 24.3 Å². The molecule has 0 bridgehead atoms. The minimum atomic E-state index is -0.570. The summed E-state index contributed by atoms with van der Waals surface area (Å²) >= 11 is 0. The molecule has 1 heterocycles. The number of ether oxygens (including phenoxy) is 1. The Morgan fingerprint density at radius 2 is 1.81 bits per heavy atom. The molecule has 31 heavy (non-hydrogen) atoms. The molecule has 0 radical (unpaired) electrons. The van der Waals surface area contributed by atoms with Gasteiger partial charge in [0, 0.05) is 24.7 Å². The fourth-order valence-corrected chi connectivity index (χ4v) is 4.44. The van der Waals surface area contributed by atoms with Gasteiger partial charge in [-0.05, 0) is 49.4 Å². The number of benzene rings is 1. The van der Waals surface area contributed by atoms with Crippen molar-refractivity contribution in [1.29, 1.82) is 0 Å². The van der Waals surface area contributed by atoms with E-state index in [1.165, 1.54) is 6.42 Å². The van der Waals surface area contributed by atoms with E-state index in [1.807, 2.05) is 26.0 Å². The number of carbonyl (C=O) groups excluding carboxylic acids is 3. The van der Waals surface area contributed by atoms with Crippen molar-refractivity contribution in [3.63, 3.8) is 0 Å². The number of hydrogen-bond donors (Lipinski definition) is 2. The lowest BCUT2D eigenvalue weighted by atomic mass is 9.94. The molecule has 3 rings (SSSR count). The number of methoxy groups -OCH3 is 1. The van der Waals surface area contributed by atoms with Crippen LogP contribution in [0.2, 0.25) is 0 Å². The van der Waals surface area contributed by atoms with Gasteiger partial charge in [0.25, 0.3) is 0 Å². The first-order chi connectivity index (χ1) is 14.9. The zero-order valence-electron chi connectivity index (χ0n) is 18.9. The zero-order chi connectivity index (χ0) is 22.4. The van der Waals surface area contributed by atoms with Gasteiger partial charge >= 0.3 is 0 Å². The summed E-state index contributed by atoms with van der Waals surface area (Å²) in [6, 6.07) is 6.85. The van der Waals surface area contributed by atoms with Crippen molar-refractivity contribution in [3.8, 4) is 5.75 Å². The van der Waals surface area contributed by atoms with Crippen molar-refractivity contribution < 1.29 is 19.1 Å². The second kappa shape index (κ2) is 10.6. The molecule has 1 unspecified atom stereocenters. The maximum absolute atomic E-state index is 13.0. The summed E-state index contributed by atoms with van der Waals surface area (Å²) in [7, 11) is 1.59. The normalized spacial score (nSPS) is 20.6. The average molecular weight is 430 g/mol. The third kappa shape index (κ3) is 6.21. The van der Waals surface area contributed by atoms with Crippen molar-refractivity contribution in [1.82, 2.24) is 10.6 Å². The third-order valence-corrected chi connectivity index (χ3v) is 6.17. The molecule has 0 aromatic heterocycles. The molecule has 1 aromatic carbocycles. The monoisotopic (exact) mass is 429 g/mol. The minimum Gasteiger partial charge on any atom is -0.497 e. The van der Waals surface area contributed by atoms with Gasteiger partial charge in [0.15, 0.2) is 0 Å². The fraction of sp³-hybridized carbons (Fsp3) is 0.625. The summed E-state index contributed by atoms with van der Waals surface area (Å²) in [5.41, 5.74) is 0.745. The van der Waals surface area contributed by atoms with E-state index in [-0.39, 0.29) is 36.1 Å². The molecule has 1 saturated heterocycles. The molecule has 1 aromatic rings. The number of hydrogen-bond acceptors (Lipinski definition) is 4. The Bertz CT molecular complexity index is 772. The fourth-order valence-electron chi connectivity index (χ4n) is 4.44. The van der Waals surface area contributed by atoms with Crippen molar-refractivity contribution in [2.45, 2.75) is 70.9 Å². The average Bonchev–Trinajstić information content (AvgIpc) is 3.15. The van der Waals surface area contributed by atoms with Gasteiger partial charge < -0.3 is 20.3 Å². The molecular formula is C24H35N3O4. The minimum absolute atomic E-state index is 0.0858. The molecule has 1 aliphatic heterocycles. The number of nitrogens with one attached hydrogen (secondary N) is 2. The predicted molar refractivity (Wildman–Crippen MR) is 120 cm³/mol. The highest BCUT2D eigenvalue weighted by Crippen LogP contribution is 2.27. The number of nitrogens with zero attached hydrogens (tertiary/aromatic N) is 1. The number of rotatable bonds is 8. The molecule has 2 N–H and O–H groups in total. The summed E-state index contributed by atoms with van der Waals surface area (Å²) in [6.07, 6.45) is 6.22. The molecule has 170 valence electrons. The summed E-state index contributed by atoms with van der Waals surface area (Å²) < 4.78 is 5.16. The van der Waals surface area contributed by atoms with Crippen LogP contribution in [0.5, 0.6) is 5.75 Å². The van der Waals surface area contributed by atoms with Crippen LogP contribution in [0.1, 0.15) is 58.8 Å². The second-order valence-corrected chi connectivity index (χ2v) is 9.14. The van der Waals surface area contributed by atoms with Crippen LogP contribution in [0.4, 0.5) is 5.69 Å². The van der Waals surface area contributed by atoms with E-state index in [9.17, 15) is 14.4 Å². The van der Waals surface area contributed by atoms with Gasteiger partial charge in [0.2, 0.25) is 17.7 Å². The van der Waals surface area contributed by atoms with Gasteiger partial charge in [-0.2, -0.15) is 0 Å². The van der Waals surface area contributed by atoms with Crippen LogP contribution in [0.25, 0.3) is 0 Å². The summed E-state index contributed by atoms with van der Waals surface area (Å²) in [6.45, 7) is 4.39. The lowest BCUT2D eigenvalue weighted by Gasteiger charge is -2.27. The Labute approximate surface area is 184 Å². The molecule has 7 nitrogen and oxygen atoms in total. The van der Waals surface area contributed by atoms with Gasteiger partial charge in [-0.1, -0.05) is 33.1 Å². The number of carbonyl (C=O) groups is 3. The third-order valence-electron chi connectivity index (χ3n) is 6.17. The first kappa shape index (κ1) is 23.1. The predicted octanol–water partition coefficient (Wildman–Crippen LogP) is 3.03. The molecule has 2 fully saturated rings. The van der Waals surface area contributed by atoms with Crippen molar-refractivity contribution in [2.24, 2.45) is 11.8 Å². The van der Waals surface area contributed by atoms with E-state index < -0.39 is 12.0 Å². The van der Waals surface area contributed by atoms with Crippen molar-refractivity contribution in [2.75, 3.05) is 18.6 Å². The molecule has 2 aliphatic rings. The lowest BCUT2D eigenvalue weighted by Crippen LogP contribution is -2.51. The van der Waals surface area contributed by atoms with E-state index >= 15 is 0 Å². The summed E-state index contributed by atoms with van der Waals surface area (Å²) in [5, 5.41) is 6.07. The first-order valence-corrected chi connectivity index (χ1v) is 11.4. The van der Waals surface area contributed by atoms with Gasteiger partial charge in [0.1, 0.15) is 11.8 Å². The highest BCUT2D eigenvalue weighted by molar-refractivity contribution is 6.01. The van der Waals surface area contributed by atoms with Gasteiger partial charge in [-0.15, -0.1) is 0 Å².